The SMILES string of the molecule is Cc1c(F)cc(N)cc1S(=O)(=O)N(C)CC(C)C#N. The van der Waals surface area contributed by atoms with Gasteiger partial charge in [0.15, 0.2) is 0 Å². The molecule has 0 saturated carbocycles. The van der Waals surface area contributed by atoms with Gasteiger partial charge >= 0.3 is 0 Å². The van der Waals surface area contributed by atoms with Crippen LogP contribution in [0.5, 0.6) is 0 Å². The summed E-state index contributed by atoms with van der Waals surface area (Å²) in [6, 6.07) is 4.25. The van der Waals surface area contributed by atoms with Crippen molar-refractivity contribution in [1.29, 1.82) is 5.26 Å². The van der Waals surface area contributed by atoms with E-state index in [1.54, 1.807) is 6.92 Å². The highest BCUT2D eigenvalue weighted by Crippen LogP contribution is 2.24. The van der Waals surface area contributed by atoms with Crippen molar-refractivity contribution in [3.8, 4) is 6.07 Å². The molecule has 2 N–H and O–H groups in total. The zero-order valence-electron chi connectivity index (χ0n) is 11.0. The fraction of sp³-hybridized carbons (Fsp3) is 0.417. The van der Waals surface area contributed by atoms with Crippen LogP contribution in [0.2, 0.25) is 0 Å². The lowest BCUT2D eigenvalue weighted by atomic mass is 10.2. The molecule has 0 fully saturated rings. The summed E-state index contributed by atoms with van der Waals surface area (Å²) in [6.45, 7) is 3.02. The first-order chi connectivity index (χ1) is 8.70. The molecule has 0 bridgehead atoms. The van der Waals surface area contributed by atoms with Crippen LogP contribution in [0.25, 0.3) is 0 Å². The standard InChI is InChI=1S/C12H16FN3O2S/c1-8(6-14)7-16(3)19(17,18)12-5-10(15)4-11(13)9(12)2/h4-5,8H,7,15H2,1-3H3. The van der Waals surface area contributed by atoms with Crippen LogP contribution in [0.15, 0.2) is 17.0 Å². The lowest BCUT2D eigenvalue weighted by Gasteiger charge is -2.19. The first-order valence-corrected chi connectivity index (χ1v) is 7.05. The number of halogens is 1. The maximum atomic E-state index is 13.5. The molecule has 0 radical (unpaired) electrons. The van der Waals surface area contributed by atoms with Gasteiger partial charge in [-0.15, -0.1) is 0 Å². The molecule has 0 saturated heterocycles. The minimum Gasteiger partial charge on any atom is -0.399 e. The van der Waals surface area contributed by atoms with E-state index in [-0.39, 0.29) is 22.7 Å². The van der Waals surface area contributed by atoms with Crippen molar-refractivity contribution < 1.29 is 12.8 Å². The van der Waals surface area contributed by atoms with E-state index in [0.29, 0.717) is 0 Å². The van der Waals surface area contributed by atoms with Crippen LogP contribution in [0.4, 0.5) is 10.1 Å². The van der Waals surface area contributed by atoms with Crippen molar-refractivity contribution in [2.24, 2.45) is 5.92 Å². The Kier molecular flexibility index (Phi) is 4.50. The molecule has 7 heteroatoms. The minimum atomic E-state index is -3.86. The second kappa shape index (κ2) is 5.55. The Morgan fingerprint density at radius 3 is 2.63 bits per heavy atom. The van der Waals surface area contributed by atoms with E-state index in [2.05, 4.69) is 0 Å². The van der Waals surface area contributed by atoms with Crippen LogP contribution >= 0.6 is 0 Å². The number of sulfonamides is 1. The van der Waals surface area contributed by atoms with Crippen molar-refractivity contribution in [1.82, 2.24) is 4.31 Å². The summed E-state index contributed by atoms with van der Waals surface area (Å²) in [5.74, 6) is -1.12. The molecule has 5 nitrogen and oxygen atoms in total. The molecule has 0 aliphatic carbocycles. The smallest absolute Gasteiger partial charge is 0.243 e. The fourth-order valence-electron chi connectivity index (χ4n) is 1.63. The Morgan fingerprint density at radius 2 is 2.11 bits per heavy atom. The second-order valence-electron chi connectivity index (χ2n) is 4.44. The lowest BCUT2D eigenvalue weighted by molar-refractivity contribution is 0.438. The summed E-state index contributed by atoms with van der Waals surface area (Å²) >= 11 is 0. The predicted molar refractivity (Wildman–Crippen MR) is 70.1 cm³/mol. The number of nitrogen functional groups attached to an aromatic ring is 1. The quantitative estimate of drug-likeness (QED) is 0.849. The van der Waals surface area contributed by atoms with Gasteiger partial charge in [-0.3, -0.25) is 0 Å². The van der Waals surface area contributed by atoms with Gasteiger partial charge in [-0.05, 0) is 26.0 Å². The number of anilines is 1. The van der Waals surface area contributed by atoms with Crippen molar-refractivity contribution in [2.45, 2.75) is 18.7 Å². The molecule has 1 aromatic carbocycles. The molecule has 1 unspecified atom stereocenters. The van der Waals surface area contributed by atoms with E-state index in [1.165, 1.54) is 20.0 Å². The number of hydrogen-bond donors (Lipinski definition) is 1. The van der Waals surface area contributed by atoms with Gasteiger partial charge in [0.1, 0.15) is 5.82 Å². The highest BCUT2D eigenvalue weighted by Gasteiger charge is 2.25. The Morgan fingerprint density at radius 1 is 1.53 bits per heavy atom. The van der Waals surface area contributed by atoms with E-state index in [4.69, 9.17) is 11.0 Å². The number of rotatable bonds is 4. The number of hydrogen-bond acceptors (Lipinski definition) is 4. The van der Waals surface area contributed by atoms with Gasteiger partial charge in [0.05, 0.1) is 16.9 Å². The van der Waals surface area contributed by atoms with Gasteiger partial charge in [0, 0.05) is 24.8 Å². The van der Waals surface area contributed by atoms with Crippen molar-refractivity contribution in [3.63, 3.8) is 0 Å². The van der Waals surface area contributed by atoms with E-state index in [0.717, 1.165) is 10.4 Å². The molecule has 1 atom stereocenters. The monoisotopic (exact) mass is 285 g/mol. The Labute approximate surface area is 112 Å². The summed E-state index contributed by atoms with van der Waals surface area (Å²) < 4.78 is 39.2. The maximum absolute atomic E-state index is 13.5. The van der Waals surface area contributed by atoms with Crippen LogP contribution in [0.3, 0.4) is 0 Å². The van der Waals surface area contributed by atoms with E-state index >= 15 is 0 Å². The van der Waals surface area contributed by atoms with E-state index in [9.17, 15) is 12.8 Å². The zero-order chi connectivity index (χ0) is 14.8. The fourth-order valence-corrected chi connectivity index (χ4v) is 3.16. The van der Waals surface area contributed by atoms with Gasteiger partial charge in [0.2, 0.25) is 10.0 Å². The molecular weight excluding hydrogens is 269 g/mol. The summed E-state index contributed by atoms with van der Waals surface area (Å²) in [5, 5.41) is 8.71. The van der Waals surface area contributed by atoms with Crippen molar-refractivity contribution >= 4 is 15.7 Å². The third-order valence-electron chi connectivity index (χ3n) is 2.76. The maximum Gasteiger partial charge on any atom is 0.243 e. The first kappa shape index (κ1) is 15.4. The van der Waals surface area contributed by atoms with E-state index in [1.807, 2.05) is 6.07 Å². The molecule has 0 spiro atoms. The van der Waals surface area contributed by atoms with Crippen LogP contribution in [-0.2, 0) is 10.0 Å². The molecule has 0 amide bonds. The minimum absolute atomic E-state index is 0.0191. The van der Waals surface area contributed by atoms with Crippen LogP contribution in [0.1, 0.15) is 12.5 Å². The third-order valence-corrected chi connectivity index (χ3v) is 4.71. The Bertz CT molecular complexity index is 623. The normalized spacial score (nSPS) is 13.3. The summed E-state index contributed by atoms with van der Waals surface area (Å²) in [4.78, 5) is -0.169. The molecule has 0 aliphatic heterocycles. The average molecular weight is 285 g/mol. The molecule has 1 aromatic rings. The number of nitrogens with two attached hydrogens (primary N) is 1. The second-order valence-corrected chi connectivity index (χ2v) is 6.45. The number of benzene rings is 1. The van der Waals surface area contributed by atoms with Crippen molar-refractivity contribution in [2.75, 3.05) is 19.3 Å². The molecule has 104 valence electrons. The third kappa shape index (κ3) is 3.22. The number of nitrogens with zero attached hydrogens (tertiary/aromatic N) is 2. The Balaban J connectivity index is 3.25. The molecular formula is C12H16FN3O2S. The molecule has 19 heavy (non-hydrogen) atoms. The van der Waals surface area contributed by atoms with E-state index < -0.39 is 21.8 Å². The topological polar surface area (TPSA) is 87.2 Å². The van der Waals surface area contributed by atoms with Gasteiger partial charge in [0.25, 0.3) is 0 Å². The highest BCUT2D eigenvalue weighted by atomic mass is 32.2. The zero-order valence-corrected chi connectivity index (χ0v) is 11.8. The summed E-state index contributed by atoms with van der Waals surface area (Å²) in [6.07, 6.45) is 0. The highest BCUT2D eigenvalue weighted by molar-refractivity contribution is 7.89. The molecule has 1 rings (SSSR count). The predicted octanol–water partition coefficient (Wildman–Crippen LogP) is 1.50. The van der Waals surface area contributed by atoms with Gasteiger partial charge in [-0.1, -0.05) is 0 Å². The lowest BCUT2D eigenvalue weighted by Crippen LogP contribution is -2.31. The largest absolute Gasteiger partial charge is 0.399 e. The molecule has 0 aromatic heterocycles. The van der Waals surface area contributed by atoms with Crippen LogP contribution < -0.4 is 5.73 Å². The van der Waals surface area contributed by atoms with Crippen LogP contribution in [-0.4, -0.2) is 26.3 Å². The molecule has 0 aliphatic rings. The first-order valence-electron chi connectivity index (χ1n) is 5.61. The van der Waals surface area contributed by atoms with Gasteiger partial charge in [-0.25, -0.2) is 12.8 Å². The van der Waals surface area contributed by atoms with Crippen molar-refractivity contribution in [3.05, 3.63) is 23.5 Å². The molecule has 0 heterocycles. The average Bonchev–Trinajstić information content (AvgIpc) is 2.33. The van der Waals surface area contributed by atoms with Gasteiger partial charge in [-0.2, -0.15) is 9.57 Å². The Hall–Kier alpha value is -1.65. The van der Waals surface area contributed by atoms with Gasteiger partial charge < -0.3 is 5.73 Å². The summed E-state index contributed by atoms with van der Waals surface area (Å²) in [7, 11) is -2.51. The summed E-state index contributed by atoms with van der Waals surface area (Å²) in [5.41, 5.74) is 5.54. The van der Waals surface area contributed by atoms with Crippen LogP contribution in [0, 0.1) is 30.0 Å². The number of nitriles is 1.